The second-order valence-electron chi connectivity index (χ2n) is 9.77. The van der Waals surface area contributed by atoms with E-state index in [1.54, 1.807) is 31.9 Å². The number of hydrogen-bond donors (Lipinski definition) is 4. The summed E-state index contributed by atoms with van der Waals surface area (Å²) in [6, 6.07) is 1.52. The Bertz CT molecular complexity index is 1190. The van der Waals surface area contributed by atoms with E-state index in [1.807, 2.05) is 18.8 Å². The summed E-state index contributed by atoms with van der Waals surface area (Å²) in [5, 5.41) is 10.6. The van der Waals surface area contributed by atoms with Crippen LogP contribution in [-0.2, 0) is 14.3 Å². The number of amides is 1. The van der Waals surface area contributed by atoms with Crippen molar-refractivity contribution < 1.29 is 19.1 Å². The molecule has 11 heteroatoms. The first-order valence-electron chi connectivity index (χ1n) is 11.5. The second kappa shape index (κ2) is 9.38. The number of nitrogens with zero attached hydrogens (tertiary/aromatic N) is 3. The fourth-order valence-corrected chi connectivity index (χ4v) is 4.43. The van der Waals surface area contributed by atoms with Crippen molar-refractivity contribution in [2.75, 3.05) is 10.6 Å². The summed E-state index contributed by atoms with van der Waals surface area (Å²) in [7, 11) is 0. The van der Waals surface area contributed by atoms with Gasteiger partial charge in [0, 0.05) is 6.07 Å². The lowest BCUT2D eigenvalue weighted by Crippen LogP contribution is -2.67. The lowest BCUT2D eigenvalue weighted by molar-refractivity contribution is 0.0635. The first-order valence-corrected chi connectivity index (χ1v) is 11.5. The van der Waals surface area contributed by atoms with E-state index in [0.29, 0.717) is 22.9 Å². The van der Waals surface area contributed by atoms with E-state index in [0.717, 1.165) is 37.7 Å². The molecule has 0 unspecified atom stereocenters. The van der Waals surface area contributed by atoms with E-state index in [9.17, 15) is 14.4 Å². The summed E-state index contributed by atoms with van der Waals surface area (Å²) in [6.07, 6.45) is 7.06. The van der Waals surface area contributed by atoms with Crippen molar-refractivity contribution in [2.45, 2.75) is 71.1 Å². The van der Waals surface area contributed by atoms with Crippen molar-refractivity contribution in [2.24, 2.45) is 0 Å². The molecule has 2 fully saturated rings. The number of carbonyl (C=O) groups is 1. The van der Waals surface area contributed by atoms with Crippen LogP contribution < -0.4 is 21.4 Å². The molecule has 0 radical (unpaired) electrons. The Morgan fingerprint density at radius 3 is 2.51 bits per heavy atom. The Balaban J connectivity index is 1.61. The van der Waals surface area contributed by atoms with E-state index in [-0.39, 0.29) is 11.5 Å². The fraction of sp³-hybridized carbons (Fsp3) is 0.458. The van der Waals surface area contributed by atoms with Gasteiger partial charge in [-0.15, -0.1) is 0 Å². The zero-order valence-corrected chi connectivity index (χ0v) is 20.2. The minimum absolute atomic E-state index is 0.171. The van der Waals surface area contributed by atoms with Crippen LogP contribution in [0.3, 0.4) is 0 Å². The molecule has 1 amide bonds. The van der Waals surface area contributed by atoms with Crippen molar-refractivity contribution in [1.29, 1.82) is 0 Å². The molecule has 2 aliphatic heterocycles. The van der Waals surface area contributed by atoms with Crippen molar-refractivity contribution in [3.63, 3.8) is 0 Å². The molecule has 0 bridgehead atoms. The number of aromatic nitrogens is 2. The lowest BCUT2D eigenvalue weighted by Gasteiger charge is -2.50. The minimum atomic E-state index is -0.656. The molecule has 4 rings (SSSR count). The van der Waals surface area contributed by atoms with E-state index >= 15 is 0 Å². The zero-order valence-electron chi connectivity index (χ0n) is 20.2. The Labute approximate surface area is 203 Å². The van der Waals surface area contributed by atoms with Crippen LogP contribution in [0.15, 0.2) is 46.8 Å². The molecule has 1 aromatic heterocycles. The molecule has 0 aromatic carbocycles. The number of ether oxygens (including phenoxy) is 1. The molecule has 3 heterocycles. The number of hydrazine groups is 1. The predicted molar refractivity (Wildman–Crippen MR) is 129 cm³/mol. The number of rotatable bonds is 3. The highest BCUT2D eigenvalue weighted by molar-refractivity contribution is 5.84. The minimum Gasteiger partial charge on any atom is -0.444 e. The van der Waals surface area contributed by atoms with Gasteiger partial charge in [0.15, 0.2) is 17.6 Å². The largest absolute Gasteiger partial charge is 0.444 e. The first-order chi connectivity index (χ1) is 16.6. The molecule has 0 atom stereocenters. The average Bonchev–Trinajstić information content (AvgIpc) is 2.78. The molecule has 35 heavy (non-hydrogen) atoms. The molecule has 1 spiro atoms. The average molecular weight is 480 g/mol. The summed E-state index contributed by atoms with van der Waals surface area (Å²) in [4.78, 5) is 44.3. The van der Waals surface area contributed by atoms with Gasteiger partial charge in [-0.25, -0.2) is 29.8 Å². The molecular formula is C24H29N7O4. The van der Waals surface area contributed by atoms with Crippen LogP contribution in [0, 0.1) is 0 Å². The summed E-state index contributed by atoms with van der Waals surface area (Å²) in [5.41, 5.74) is 4.38. The van der Waals surface area contributed by atoms with Crippen LogP contribution in [0.2, 0.25) is 0 Å². The second-order valence-corrected chi connectivity index (χ2v) is 9.77. The van der Waals surface area contributed by atoms with Gasteiger partial charge in [0.25, 0.3) is 0 Å². The van der Waals surface area contributed by atoms with Crippen LogP contribution in [-0.4, -0.2) is 44.2 Å². The molecule has 4 N–H and O–H groups in total. The van der Waals surface area contributed by atoms with Crippen molar-refractivity contribution in [1.82, 2.24) is 25.7 Å². The highest BCUT2D eigenvalue weighted by Gasteiger charge is 2.43. The number of nitrogens with one attached hydrogen (secondary N) is 4. The third kappa shape index (κ3) is 5.27. The fourth-order valence-electron chi connectivity index (χ4n) is 4.43. The molecule has 1 aromatic rings. The van der Waals surface area contributed by atoms with Crippen molar-refractivity contribution in [3.8, 4) is 0 Å². The molecule has 184 valence electrons. The Hall–Kier alpha value is -3.91. The Morgan fingerprint density at radius 2 is 1.86 bits per heavy atom. The van der Waals surface area contributed by atoms with Crippen LogP contribution in [0.1, 0.15) is 59.8 Å². The van der Waals surface area contributed by atoms with E-state index in [2.05, 4.69) is 31.3 Å². The maximum Gasteiger partial charge on any atom is 0.413 e. The lowest BCUT2D eigenvalue weighted by atomic mass is 9.87. The van der Waals surface area contributed by atoms with Crippen LogP contribution >= 0.6 is 0 Å². The number of hydrogen-bond acceptors (Lipinski definition) is 10. The van der Waals surface area contributed by atoms with E-state index < -0.39 is 17.4 Å². The number of allylic oxidation sites excluding steroid dienone is 2. The van der Waals surface area contributed by atoms with E-state index in [1.165, 1.54) is 12.4 Å². The summed E-state index contributed by atoms with van der Waals surface area (Å²) in [6.45, 7) is 7.12. The van der Waals surface area contributed by atoms with Gasteiger partial charge in [-0.1, -0.05) is 6.42 Å². The Kier molecular flexibility index (Phi) is 6.49. The van der Waals surface area contributed by atoms with Gasteiger partial charge in [-0.05, 0) is 65.0 Å². The highest BCUT2D eigenvalue weighted by atomic mass is 16.6. The molecule has 11 nitrogen and oxygen atoms in total. The molecule has 1 saturated heterocycles. The van der Waals surface area contributed by atoms with Crippen molar-refractivity contribution in [3.05, 3.63) is 46.8 Å². The quantitative estimate of drug-likeness (QED) is 0.479. The number of fused-ring (bicyclic) bond motifs is 1. The maximum atomic E-state index is 12.2. The van der Waals surface area contributed by atoms with Gasteiger partial charge in [0.1, 0.15) is 34.9 Å². The Morgan fingerprint density at radius 1 is 1.14 bits per heavy atom. The molecule has 1 aliphatic carbocycles. The van der Waals surface area contributed by atoms with Gasteiger partial charge in [-0.2, -0.15) is 0 Å². The normalized spacial score (nSPS) is 19.2. The summed E-state index contributed by atoms with van der Waals surface area (Å²) in [5.74, 6) is 4.57. The first kappa shape index (κ1) is 24.2. The van der Waals surface area contributed by atoms with Gasteiger partial charge >= 0.3 is 6.09 Å². The molecule has 1 saturated carbocycles. The maximum absolute atomic E-state index is 12.2. The standard InChI is InChI=1S/C24H29N7O4/c1-15-10-16(27-19-11-20(26-14-25-19)28-22(34)35-23(2,3)4)18(13-33)31-21(15)17(12-32)29-24(30-31)8-6-5-7-9-24/h10-11,14,29-30H,5-9H2,1-4H3,(H2,25,26,27,28,34). The third-order valence-corrected chi connectivity index (χ3v) is 5.83. The zero-order chi connectivity index (χ0) is 25.2. The molecular weight excluding hydrogens is 450 g/mol. The van der Waals surface area contributed by atoms with Gasteiger partial charge in [-0.3, -0.25) is 10.3 Å². The van der Waals surface area contributed by atoms with Crippen LogP contribution in [0.25, 0.3) is 0 Å². The van der Waals surface area contributed by atoms with Gasteiger partial charge < -0.3 is 15.4 Å². The van der Waals surface area contributed by atoms with Crippen molar-refractivity contribution >= 4 is 29.6 Å². The molecule has 3 aliphatic rings. The van der Waals surface area contributed by atoms with Gasteiger partial charge in [0.05, 0.1) is 11.4 Å². The summed E-state index contributed by atoms with van der Waals surface area (Å²) < 4.78 is 5.26. The van der Waals surface area contributed by atoms with Crippen LogP contribution in [0.5, 0.6) is 0 Å². The number of anilines is 2. The highest BCUT2D eigenvalue weighted by Crippen LogP contribution is 2.38. The smallest absolute Gasteiger partial charge is 0.413 e. The van der Waals surface area contributed by atoms with Gasteiger partial charge in [0.2, 0.25) is 0 Å². The predicted octanol–water partition coefficient (Wildman–Crippen LogP) is 2.91. The SMILES string of the molecule is CC1=C2C(=C=O)NC3(CCCCC3)NN2C(=C=O)C(Nc2cc(NC(=O)OC(C)(C)C)ncn2)=C1. The monoisotopic (exact) mass is 479 g/mol. The van der Waals surface area contributed by atoms with Crippen LogP contribution in [0.4, 0.5) is 16.4 Å². The topological polar surface area (TPSA) is 138 Å². The summed E-state index contributed by atoms with van der Waals surface area (Å²) >= 11 is 0. The third-order valence-electron chi connectivity index (χ3n) is 5.83. The van der Waals surface area contributed by atoms with E-state index in [4.69, 9.17) is 4.74 Å². The number of carbonyl (C=O) groups excluding carboxylic acids is 3.